The van der Waals surface area contributed by atoms with Gasteiger partial charge in [-0.05, 0) is 30.8 Å². The lowest BCUT2D eigenvalue weighted by molar-refractivity contribution is 0.180. The fourth-order valence-corrected chi connectivity index (χ4v) is 3.72. The van der Waals surface area contributed by atoms with Crippen LogP contribution in [0, 0.1) is 16.4 Å². The molecule has 124 valence electrons. The van der Waals surface area contributed by atoms with Crippen LogP contribution >= 0.6 is 23.8 Å². The Morgan fingerprint density at radius 2 is 2.17 bits per heavy atom. The zero-order valence-electron chi connectivity index (χ0n) is 12.4. The SMILES string of the molecule is Cn1c(CC(N)O)c2n(c1=S)C[C@H](c1c(F)ccc(Cl)c1F)C2. The molecule has 1 aliphatic heterocycles. The van der Waals surface area contributed by atoms with Crippen molar-refractivity contribution in [1.29, 1.82) is 0 Å². The molecule has 2 aromatic rings. The van der Waals surface area contributed by atoms with E-state index in [1.807, 2.05) is 4.57 Å². The summed E-state index contributed by atoms with van der Waals surface area (Å²) in [6, 6.07) is 2.38. The number of nitrogens with two attached hydrogens (primary N) is 1. The average Bonchev–Trinajstić information content (AvgIpc) is 2.99. The molecule has 0 saturated carbocycles. The summed E-state index contributed by atoms with van der Waals surface area (Å²) in [6.07, 6.45) is -0.363. The van der Waals surface area contributed by atoms with Gasteiger partial charge in [0.2, 0.25) is 0 Å². The molecular weight excluding hydrogens is 344 g/mol. The summed E-state index contributed by atoms with van der Waals surface area (Å²) in [7, 11) is 1.79. The van der Waals surface area contributed by atoms with Crippen molar-refractivity contribution in [1.82, 2.24) is 9.13 Å². The van der Waals surface area contributed by atoms with Crippen molar-refractivity contribution in [2.45, 2.75) is 31.5 Å². The van der Waals surface area contributed by atoms with Crippen LogP contribution in [0.2, 0.25) is 5.02 Å². The van der Waals surface area contributed by atoms with Crippen LogP contribution in [0.3, 0.4) is 0 Å². The van der Waals surface area contributed by atoms with E-state index in [0.29, 0.717) is 17.7 Å². The molecule has 8 heteroatoms. The minimum Gasteiger partial charge on any atom is -0.378 e. The Labute approximate surface area is 142 Å². The number of benzene rings is 1. The first-order valence-electron chi connectivity index (χ1n) is 7.15. The maximum absolute atomic E-state index is 14.3. The van der Waals surface area contributed by atoms with Crippen LogP contribution < -0.4 is 5.73 Å². The highest BCUT2D eigenvalue weighted by Crippen LogP contribution is 2.37. The lowest BCUT2D eigenvalue weighted by atomic mass is 9.95. The van der Waals surface area contributed by atoms with E-state index in [1.165, 1.54) is 12.1 Å². The topological polar surface area (TPSA) is 56.1 Å². The standard InChI is InChI=1S/C15H16ClF2N3OS/c1-20-10(5-12(19)22)11-4-7(6-21(11)15(20)23)13-9(17)3-2-8(16)14(13)18/h2-3,7,12,22H,4-6,19H2,1H3/t7-,12?/m1/s1. The molecule has 3 N–H and O–H groups in total. The third-order valence-corrected chi connectivity index (χ3v) is 5.10. The van der Waals surface area contributed by atoms with E-state index in [9.17, 15) is 13.9 Å². The van der Waals surface area contributed by atoms with E-state index in [1.54, 1.807) is 11.6 Å². The predicted octanol–water partition coefficient (Wildman–Crippen LogP) is 2.65. The summed E-state index contributed by atoms with van der Waals surface area (Å²) in [5, 5.41) is 9.36. The number of hydrogen-bond acceptors (Lipinski definition) is 3. The smallest absolute Gasteiger partial charge is 0.179 e. The molecule has 0 saturated heterocycles. The van der Waals surface area contributed by atoms with Gasteiger partial charge >= 0.3 is 0 Å². The number of rotatable bonds is 3. The molecule has 2 atom stereocenters. The summed E-state index contributed by atoms with van der Waals surface area (Å²) in [5.74, 6) is -1.73. The molecule has 0 bridgehead atoms. The Balaban J connectivity index is 2.03. The molecule has 4 nitrogen and oxygen atoms in total. The maximum Gasteiger partial charge on any atom is 0.179 e. The first-order chi connectivity index (χ1) is 10.8. The van der Waals surface area contributed by atoms with Gasteiger partial charge in [0, 0.05) is 42.9 Å². The molecule has 0 fully saturated rings. The van der Waals surface area contributed by atoms with E-state index >= 15 is 0 Å². The second-order valence-electron chi connectivity index (χ2n) is 5.77. The number of nitrogens with zero attached hydrogens (tertiary/aromatic N) is 2. The van der Waals surface area contributed by atoms with E-state index in [0.717, 1.165) is 11.4 Å². The van der Waals surface area contributed by atoms with Gasteiger partial charge in [-0.3, -0.25) is 0 Å². The number of aliphatic hydroxyl groups excluding tert-OH is 1. The Morgan fingerprint density at radius 1 is 1.48 bits per heavy atom. The molecule has 23 heavy (non-hydrogen) atoms. The normalized spacial score (nSPS) is 18.3. The summed E-state index contributed by atoms with van der Waals surface area (Å²) < 4.78 is 32.5. The molecule has 3 rings (SSSR count). The summed E-state index contributed by atoms with van der Waals surface area (Å²) in [6.45, 7) is 0.372. The fourth-order valence-electron chi connectivity index (χ4n) is 3.26. The first-order valence-corrected chi connectivity index (χ1v) is 7.94. The van der Waals surface area contributed by atoms with Crippen molar-refractivity contribution >= 4 is 23.8 Å². The molecule has 1 aliphatic rings. The quantitative estimate of drug-likeness (QED) is 0.503. The average molecular weight is 360 g/mol. The molecule has 2 heterocycles. The Morgan fingerprint density at radius 3 is 2.83 bits per heavy atom. The monoisotopic (exact) mass is 359 g/mol. The third-order valence-electron chi connectivity index (χ3n) is 4.31. The van der Waals surface area contributed by atoms with Crippen LogP contribution in [0.25, 0.3) is 0 Å². The second kappa shape index (κ2) is 5.98. The minimum absolute atomic E-state index is 0.0162. The van der Waals surface area contributed by atoms with Gasteiger partial charge in [-0.25, -0.2) is 8.78 Å². The largest absolute Gasteiger partial charge is 0.378 e. The second-order valence-corrected chi connectivity index (χ2v) is 6.55. The van der Waals surface area contributed by atoms with E-state index in [2.05, 4.69) is 0 Å². The van der Waals surface area contributed by atoms with Gasteiger partial charge in [-0.1, -0.05) is 11.6 Å². The van der Waals surface area contributed by atoms with Gasteiger partial charge in [0.25, 0.3) is 0 Å². The summed E-state index contributed by atoms with van der Waals surface area (Å²) in [4.78, 5) is 0. The van der Waals surface area contributed by atoms with Gasteiger partial charge in [0.15, 0.2) is 4.77 Å². The van der Waals surface area contributed by atoms with Crippen molar-refractivity contribution in [2.75, 3.05) is 0 Å². The number of imidazole rings is 1. The van der Waals surface area contributed by atoms with E-state index in [4.69, 9.17) is 29.6 Å². The molecule has 0 aliphatic carbocycles. The number of hydrogen-bond donors (Lipinski definition) is 2. The fraction of sp³-hybridized carbons (Fsp3) is 0.400. The lowest BCUT2D eigenvalue weighted by Crippen LogP contribution is -2.23. The van der Waals surface area contributed by atoms with Gasteiger partial charge in [0.05, 0.1) is 5.02 Å². The Kier molecular flexibility index (Phi) is 4.31. The van der Waals surface area contributed by atoms with Crippen molar-refractivity contribution in [3.63, 3.8) is 0 Å². The lowest BCUT2D eigenvalue weighted by Gasteiger charge is -2.14. The Hall–Kier alpha value is -1.28. The van der Waals surface area contributed by atoms with Crippen molar-refractivity contribution in [3.8, 4) is 0 Å². The molecule has 0 spiro atoms. The van der Waals surface area contributed by atoms with Crippen LogP contribution in [0.5, 0.6) is 0 Å². The first kappa shape index (κ1) is 16.6. The number of fused-ring (bicyclic) bond motifs is 1. The zero-order valence-corrected chi connectivity index (χ0v) is 14.0. The molecule has 1 unspecified atom stereocenters. The van der Waals surface area contributed by atoms with Gasteiger partial charge in [-0.15, -0.1) is 0 Å². The zero-order chi connectivity index (χ0) is 16.9. The minimum atomic E-state index is -1.01. The third kappa shape index (κ3) is 2.71. The van der Waals surface area contributed by atoms with E-state index in [-0.39, 0.29) is 22.9 Å². The molecule has 0 radical (unpaired) electrons. The van der Waals surface area contributed by atoms with Crippen LogP contribution in [0.1, 0.15) is 22.9 Å². The predicted molar refractivity (Wildman–Crippen MR) is 85.9 cm³/mol. The van der Waals surface area contributed by atoms with Crippen molar-refractivity contribution < 1.29 is 13.9 Å². The number of aliphatic hydroxyl groups is 1. The maximum atomic E-state index is 14.3. The highest BCUT2D eigenvalue weighted by Gasteiger charge is 2.32. The number of aromatic nitrogens is 2. The summed E-state index contributed by atoms with van der Waals surface area (Å²) >= 11 is 11.2. The van der Waals surface area contributed by atoms with Crippen LogP contribution in [0.15, 0.2) is 12.1 Å². The molecule has 1 aromatic carbocycles. The molecular formula is C15H16ClF2N3OS. The Bertz CT molecular complexity index is 831. The number of halogens is 3. The highest BCUT2D eigenvalue weighted by atomic mass is 35.5. The van der Waals surface area contributed by atoms with Crippen molar-refractivity contribution in [2.24, 2.45) is 12.8 Å². The van der Waals surface area contributed by atoms with Gasteiger partial charge in [-0.2, -0.15) is 0 Å². The molecule has 1 aromatic heterocycles. The van der Waals surface area contributed by atoms with Crippen molar-refractivity contribution in [3.05, 3.63) is 50.5 Å². The van der Waals surface area contributed by atoms with Gasteiger partial charge < -0.3 is 20.0 Å². The highest BCUT2D eigenvalue weighted by molar-refractivity contribution is 7.71. The summed E-state index contributed by atoms with van der Waals surface area (Å²) in [5.41, 5.74) is 7.10. The van der Waals surface area contributed by atoms with Gasteiger partial charge in [0.1, 0.15) is 17.9 Å². The van der Waals surface area contributed by atoms with Crippen LogP contribution in [-0.2, 0) is 26.4 Å². The van der Waals surface area contributed by atoms with E-state index < -0.39 is 17.9 Å². The van der Waals surface area contributed by atoms with Crippen LogP contribution in [0.4, 0.5) is 8.78 Å². The van der Waals surface area contributed by atoms with Crippen LogP contribution in [-0.4, -0.2) is 20.5 Å². The molecule has 0 amide bonds.